The van der Waals surface area contributed by atoms with Gasteiger partial charge in [-0.1, -0.05) is 11.6 Å². The van der Waals surface area contributed by atoms with Crippen molar-refractivity contribution in [3.8, 4) is 17.8 Å². The number of carbonyl (C=O) groups is 1. The number of nitrogens with one attached hydrogen (secondary N) is 1. The first kappa shape index (κ1) is 27.9. The molecule has 0 aliphatic carbocycles. The number of alkyl carbamates (subject to hydrolysis) is 1. The maximum absolute atomic E-state index is 15.6. The Morgan fingerprint density at radius 1 is 1.44 bits per heavy atom. The summed E-state index contributed by atoms with van der Waals surface area (Å²) >= 11 is 9.68. The van der Waals surface area contributed by atoms with Crippen LogP contribution in [0.1, 0.15) is 32.1 Å². The van der Waals surface area contributed by atoms with Crippen LogP contribution in [0.3, 0.4) is 0 Å². The molecule has 5 rings (SSSR count). The lowest BCUT2D eigenvalue weighted by atomic mass is 9.95. The molecule has 3 atom stereocenters. The van der Waals surface area contributed by atoms with Gasteiger partial charge in [0, 0.05) is 26.6 Å². The molecule has 0 bridgehead atoms. The average Bonchev–Trinajstić information content (AvgIpc) is 3.40. The number of nitriles is 1. The Morgan fingerprint density at radius 3 is 3.03 bits per heavy atom. The van der Waals surface area contributed by atoms with Crippen molar-refractivity contribution in [2.75, 3.05) is 51.4 Å². The minimum atomic E-state index is -0.925. The smallest absolute Gasteiger partial charge is 0.406 e. The highest BCUT2D eigenvalue weighted by Crippen LogP contribution is 2.47. The predicted molar refractivity (Wildman–Crippen MR) is 143 cm³/mol. The summed E-state index contributed by atoms with van der Waals surface area (Å²) in [5.41, 5.74) is -0.500. The molecule has 1 amide bonds. The summed E-state index contributed by atoms with van der Waals surface area (Å²) in [6, 6.07) is 1.64. The highest BCUT2D eigenvalue weighted by Gasteiger charge is 2.49. The number of fused-ring (bicyclic) bond motifs is 1. The fraction of sp³-hybridized carbons (Fsp3) is 0.600. The molecule has 1 unspecified atom stereocenters. The van der Waals surface area contributed by atoms with E-state index in [0.717, 1.165) is 19.4 Å². The van der Waals surface area contributed by atoms with Crippen LogP contribution in [0.25, 0.3) is 10.9 Å². The van der Waals surface area contributed by atoms with Gasteiger partial charge in [-0.25, -0.2) is 13.6 Å². The molecular formula is C25H28BrClF2N6O4. The first-order valence-electron chi connectivity index (χ1n) is 12.8. The van der Waals surface area contributed by atoms with Crippen molar-refractivity contribution < 1.29 is 27.8 Å². The monoisotopic (exact) mass is 628 g/mol. The summed E-state index contributed by atoms with van der Waals surface area (Å²) in [6.07, 6.45) is 1.10. The van der Waals surface area contributed by atoms with E-state index in [4.69, 9.17) is 25.8 Å². The summed E-state index contributed by atoms with van der Waals surface area (Å²) in [5, 5.41) is 12.2. The molecule has 0 radical (unpaired) electrons. The maximum atomic E-state index is 15.6. The van der Waals surface area contributed by atoms with E-state index in [2.05, 4.69) is 42.2 Å². The zero-order valence-electron chi connectivity index (χ0n) is 21.3. The predicted octanol–water partition coefficient (Wildman–Crippen LogP) is 4.37. The van der Waals surface area contributed by atoms with E-state index in [1.54, 1.807) is 0 Å². The molecule has 3 aliphatic heterocycles. The van der Waals surface area contributed by atoms with E-state index in [-0.39, 0.29) is 58.4 Å². The number of hydrogen-bond donors (Lipinski definition) is 1. The first-order valence-corrected chi connectivity index (χ1v) is 14.0. The van der Waals surface area contributed by atoms with Gasteiger partial charge in [0.2, 0.25) is 0 Å². The van der Waals surface area contributed by atoms with E-state index >= 15 is 4.39 Å². The van der Waals surface area contributed by atoms with Crippen LogP contribution < -0.4 is 19.7 Å². The number of nitrogens with zero attached hydrogens (tertiary/aromatic N) is 5. The van der Waals surface area contributed by atoms with Gasteiger partial charge in [0.05, 0.1) is 40.5 Å². The summed E-state index contributed by atoms with van der Waals surface area (Å²) in [4.78, 5) is 24.5. The van der Waals surface area contributed by atoms with Gasteiger partial charge in [0.15, 0.2) is 11.6 Å². The number of amides is 1. The Hall–Kier alpha value is -2.69. The molecule has 210 valence electrons. The molecule has 1 aromatic carbocycles. The fourth-order valence-corrected chi connectivity index (χ4v) is 6.34. The molecule has 0 saturated carbocycles. The van der Waals surface area contributed by atoms with Gasteiger partial charge in [-0.15, -0.1) is 0 Å². The Morgan fingerprint density at radius 2 is 2.26 bits per heavy atom. The molecule has 14 heteroatoms. The van der Waals surface area contributed by atoms with Gasteiger partial charge < -0.3 is 24.4 Å². The lowest BCUT2D eigenvalue weighted by molar-refractivity contribution is 0.107. The zero-order valence-corrected chi connectivity index (χ0v) is 23.7. The van der Waals surface area contributed by atoms with Crippen LogP contribution in [0.5, 0.6) is 11.8 Å². The Labute approximate surface area is 237 Å². The zero-order chi connectivity index (χ0) is 27.7. The van der Waals surface area contributed by atoms with Crippen LogP contribution in [0, 0.1) is 17.1 Å². The molecule has 1 aromatic heterocycles. The highest BCUT2D eigenvalue weighted by atomic mass is 79.9. The Balaban J connectivity index is 1.54. The third-order valence-corrected chi connectivity index (χ3v) is 8.89. The summed E-state index contributed by atoms with van der Waals surface area (Å²) < 4.78 is 47.1. The van der Waals surface area contributed by atoms with E-state index in [9.17, 15) is 14.4 Å². The van der Waals surface area contributed by atoms with E-state index in [1.807, 2.05) is 4.90 Å². The topological polar surface area (TPSA) is 113 Å². The number of ether oxygens (including phenoxy) is 3. The Bertz CT molecular complexity index is 1320. The van der Waals surface area contributed by atoms with Crippen LogP contribution in [0.4, 0.5) is 19.4 Å². The molecule has 3 aliphatic rings. The standard InChI is InChI=1S/C25H28BrClF2N6O4/c1-31-24(36)37-9-3-8-35-15(4-6-30)12-38-21-16-20(19(29)17(26)18(21)27)32-23(33-22(16)35)39-13-25-5-2-7-34(25)11-14(28)10-25/h14-15H,2-5,7-13H2,1H3,(H,31,36)/t14-,15?,25+/m1/s1. The number of anilines is 1. The first-order chi connectivity index (χ1) is 18.8. The van der Waals surface area contributed by atoms with Gasteiger partial charge in [0.1, 0.15) is 35.7 Å². The number of aromatic nitrogens is 2. The van der Waals surface area contributed by atoms with Crippen molar-refractivity contribution >= 4 is 50.3 Å². The van der Waals surface area contributed by atoms with Gasteiger partial charge in [-0.2, -0.15) is 15.2 Å². The molecule has 10 nitrogen and oxygen atoms in total. The lowest BCUT2D eigenvalue weighted by Crippen LogP contribution is -2.43. The van der Waals surface area contributed by atoms with Crippen molar-refractivity contribution in [2.45, 2.75) is 49.9 Å². The molecule has 0 spiro atoms. The average molecular weight is 630 g/mol. The summed E-state index contributed by atoms with van der Waals surface area (Å²) in [5.74, 6) is -0.209. The number of benzene rings is 1. The van der Waals surface area contributed by atoms with Crippen molar-refractivity contribution in [3.63, 3.8) is 0 Å². The molecular weight excluding hydrogens is 602 g/mol. The van der Waals surface area contributed by atoms with Gasteiger partial charge in [0.25, 0.3) is 0 Å². The SMILES string of the molecule is CNC(=O)OCCCN1c2nc(OC[C@@]34CCCN3C[C@H](F)C4)nc3c(F)c(Br)c(Cl)c(c23)OCC1CC#N. The number of carbonyl (C=O) groups excluding carboxylic acids is 1. The molecule has 1 N–H and O–H groups in total. The summed E-state index contributed by atoms with van der Waals surface area (Å²) in [7, 11) is 1.47. The Kier molecular flexibility index (Phi) is 8.16. The number of halogens is 4. The largest absolute Gasteiger partial charge is 0.489 e. The van der Waals surface area contributed by atoms with Crippen LogP contribution >= 0.6 is 27.5 Å². The second-order valence-electron chi connectivity index (χ2n) is 9.95. The van der Waals surface area contributed by atoms with Crippen LogP contribution in [-0.2, 0) is 4.74 Å². The van der Waals surface area contributed by atoms with Crippen molar-refractivity contribution in [1.29, 1.82) is 5.26 Å². The van der Waals surface area contributed by atoms with Crippen molar-refractivity contribution in [1.82, 2.24) is 20.2 Å². The molecule has 39 heavy (non-hydrogen) atoms. The van der Waals surface area contributed by atoms with E-state index < -0.39 is 29.7 Å². The molecule has 4 heterocycles. The molecule has 2 saturated heterocycles. The fourth-order valence-electron chi connectivity index (χ4n) is 5.74. The lowest BCUT2D eigenvalue weighted by Gasteiger charge is -2.31. The molecule has 2 aromatic rings. The third kappa shape index (κ3) is 5.26. The highest BCUT2D eigenvalue weighted by molar-refractivity contribution is 9.10. The number of rotatable bonds is 8. The second kappa shape index (κ2) is 11.4. The van der Waals surface area contributed by atoms with Gasteiger partial charge in [-0.05, 0) is 41.7 Å². The van der Waals surface area contributed by atoms with Crippen LogP contribution in [0.15, 0.2) is 4.47 Å². The minimum Gasteiger partial charge on any atom is -0.489 e. The maximum Gasteiger partial charge on any atom is 0.406 e. The summed E-state index contributed by atoms with van der Waals surface area (Å²) in [6.45, 7) is 1.85. The second-order valence-corrected chi connectivity index (χ2v) is 11.1. The van der Waals surface area contributed by atoms with Gasteiger partial charge in [-0.3, -0.25) is 4.90 Å². The molecule has 2 fully saturated rings. The third-order valence-electron chi connectivity index (χ3n) is 7.56. The minimum absolute atomic E-state index is 0.0110. The van der Waals surface area contributed by atoms with Crippen molar-refractivity contribution in [3.05, 3.63) is 15.3 Å². The normalized spacial score (nSPS) is 24.2. The van der Waals surface area contributed by atoms with Crippen molar-refractivity contribution in [2.24, 2.45) is 0 Å². The quantitative estimate of drug-likeness (QED) is 0.336. The number of hydrogen-bond acceptors (Lipinski definition) is 9. The van der Waals surface area contributed by atoms with E-state index in [0.29, 0.717) is 31.7 Å². The van der Waals surface area contributed by atoms with Crippen LogP contribution in [0.2, 0.25) is 5.02 Å². The van der Waals surface area contributed by atoms with Gasteiger partial charge >= 0.3 is 12.1 Å². The van der Waals surface area contributed by atoms with Crippen LogP contribution in [-0.4, -0.2) is 85.2 Å². The van der Waals surface area contributed by atoms with E-state index in [1.165, 1.54) is 7.05 Å². The number of alkyl halides is 1.